The number of carboxylic acids is 2. The van der Waals surface area contributed by atoms with Crippen LogP contribution < -0.4 is 91.4 Å². The Morgan fingerprint density at radius 3 is 1.65 bits per heavy atom. The summed E-state index contributed by atoms with van der Waals surface area (Å²) >= 11 is 0. The SMILES string of the molecule is CC(C)C[C@H](N=C(c1ccccc1)C(F)(F)F)C(=O)[O-].CC(C)C[C@H](N[C@H](c1ccccc1)C(F)(F)F)C(=O)O.[BH4-].[K+].[Na+]. The number of hydrogen-bond donors (Lipinski definition) is 2. The number of aliphatic imine (C=N–C) groups is 1. The molecule has 15 heteroatoms. The molecule has 0 amide bonds. The molecule has 0 bridgehead atoms. The molecule has 43 heavy (non-hydrogen) atoms. The zero-order chi connectivity index (χ0) is 30.7. The number of rotatable bonds is 11. The van der Waals surface area contributed by atoms with Gasteiger partial charge in [-0.3, -0.25) is 15.1 Å². The number of aliphatic carboxylic acids is 2. The summed E-state index contributed by atoms with van der Waals surface area (Å²) in [5, 5.41) is 22.2. The van der Waals surface area contributed by atoms with Crippen molar-refractivity contribution >= 4 is 26.1 Å². The average molecular weight is 653 g/mol. The molecule has 0 fully saturated rings. The first-order chi connectivity index (χ1) is 18.4. The number of alkyl halides is 6. The van der Waals surface area contributed by atoms with Crippen LogP contribution in [-0.2, 0) is 9.59 Å². The third-order valence-corrected chi connectivity index (χ3v) is 5.40. The summed E-state index contributed by atoms with van der Waals surface area (Å²) in [5.74, 6) is -3.00. The predicted molar refractivity (Wildman–Crippen MR) is 148 cm³/mol. The number of carbonyl (C=O) groups is 2. The van der Waals surface area contributed by atoms with Crippen LogP contribution in [0.25, 0.3) is 0 Å². The fraction of sp³-hybridized carbons (Fsp3) is 0.464. The van der Waals surface area contributed by atoms with E-state index < -0.39 is 48.1 Å². The summed E-state index contributed by atoms with van der Waals surface area (Å²) < 4.78 is 78.4. The summed E-state index contributed by atoms with van der Waals surface area (Å²) in [5.41, 5.74) is -1.34. The van der Waals surface area contributed by atoms with E-state index in [9.17, 15) is 41.0 Å². The van der Waals surface area contributed by atoms with Gasteiger partial charge in [-0.25, -0.2) is 0 Å². The van der Waals surface area contributed by atoms with Crippen LogP contribution in [0.2, 0.25) is 0 Å². The van der Waals surface area contributed by atoms with E-state index in [2.05, 4.69) is 10.3 Å². The molecule has 0 heterocycles. The molecule has 0 unspecified atom stereocenters. The van der Waals surface area contributed by atoms with Crippen LogP contribution in [0.5, 0.6) is 0 Å². The smallest absolute Gasteiger partial charge is 0.548 e. The fourth-order valence-corrected chi connectivity index (χ4v) is 3.65. The van der Waals surface area contributed by atoms with E-state index in [0.717, 1.165) is 0 Å². The second-order valence-electron chi connectivity index (χ2n) is 9.88. The van der Waals surface area contributed by atoms with Crippen LogP contribution in [0, 0.1) is 11.8 Å². The van der Waals surface area contributed by atoms with Crippen molar-refractivity contribution < 1.29 is 127 Å². The molecule has 0 aliphatic heterocycles. The summed E-state index contributed by atoms with van der Waals surface area (Å²) in [4.78, 5) is 25.4. The first kappa shape index (κ1) is 46.7. The Morgan fingerprint density at radius 2 is 1.30 bits per heavy atom. The fourth-order valence-electron chi connectivity index (χ4n) is 3.65. The van der Waals surface area contributed by atoms with Gasteiger partial charge in [-0.15, -0.1) is 0 Å². The summed E-state index contributed by atoms with van der Waals surface area (Å²) in [6.07, 6.45) is -9.14. The Labute approximate surface area is 314 Å². The van der Waals surface area contributed by atoms with Crippen molar-refractivity contribution in [2.24, 2.45) is 16.8 Å². The van der Waals surface area contributed by atoms with E-state index >= 15 is 0 Å². The van der Waals surface area contributed by atoms with Gasteiger partial charge < -0.3 is 15.0 Å². The van der Waals surface area contributed by atoms with Gasteiger partial charge in [0, 0.05) is 5.56 Å². The molecular formula is C28H37BF6KN2NaO4. The first-order valence-corrected chi connectivity index (χ1v) is 12.4. The molecule has 6 nitrogen and oxygen atoms in total. The molecule has 0 aromatic heterocycles. The molecule has 2 rings (SSSR count). The maximum Gasteiger partial charge on any atom is 1.00 e. The van der Waals surface area contributed by atoms with E-state index in [-0.39, 0.29) is 125 Å². The Bertz CT molecular complexity index is 1110. The number of halogens is 6. The Hall–Kier alpha value is -0.709. The zero-order valence-corrected chi connectivity index (χ0v) is 29.6. The molecule has 0 saturated heterocycles. The van der Waals surface area contributed by atoms with Gasteiger partial charge in [-0.05, 0) is 30.2 Å². The van der Waals surface area contributed by atoms with Crippen molar-refractivity contribution in [2.45, 2.75) is 71.0 Å². The number of hydrogen-bond acceptors (Lipinski definition) is 5. The summed E-state index contributed by atoms with van der Waals surface area (Å²) in [6, 6.07) is 9.47. The topological polar surface area (TPSA) is 102 Å². The quantitative estimate of drug-likeness (QED) is 0.169. The van der Waals surface area contributed by atoms with Gasteiger partial charge in [-0.2, -0.15) is 26.3 Å². The van der Waals surface area contributed by atoms with Crippen LogP contribution in [0.3, 0.4) is 0 Å². The number of benzene rings is 2. The maximum atomic E-state index is 13.1. The van der Waals surface area contributed by atoms with Crippen molar-refractivity contribution in [3.63, 3.8) is 0 Å². The molecule has 3 atom stereocenters. The van der Waals surface area contributed by atoms with Gasteiger partial charge >= 0.3 is 99.3 Å². The van der Waals surface area contributed by atoms with Gasteiger partial charge in [0.05, 0.1) is 12.0 Å². The van der Waals surface area contributed by atoms with Gasteiger partial charge in [0.1, 0.15) is 17.8 Å². The van der Waals surface area contributed by atoms with E-state index in [1.807, 2.05) is 0 Å². The van der Waals surface area contributed by atoms with Crippen molar-refractivity contribution in [3.05, 3.63) is 71.8 Å². The van der Waals surface area contributed by atoms with E-state index in [4.69, 9.17) is 5.11 Å². The second kappa shape index (κ2) is 21.9. The van der Waals surface area contributed by atoms with Crippen LogP contribution in [-0.4, -0.2) is 55.6 Å². The van der Waals surface area contributed by atoms with Crippen LogP contribution >= 0.6 is 0 Å². The third-order valence-electron chi connectivity index (χ3n) is 5.40. The summed E-state index contributed by atoms with van der Waals surface area (Å²) in [6.45, 7) is 6.95. The van der Waals surface area contributed by atoms with Crippen LogP contribution in [0.15, 0.2) is 65.7 Å². The van der Waals surface area contributed by atoms with Gasteiger partial charge in [-0.1, -0.05) is 96.8 Å². The standard InChI is InChI=1S/C14H18F3NO2.C14H16F3NO2.BH4.K.Na/c2*1-9(2)8-11(13(19)20)18-12(14(15,16)17)10-6-4-3-5-7-10;;;/h3-7,9,11-12,18H,8H2,1-2H3,(H,19,20);3-7,9,11H,8H2,1-2H3,(H,19,20);1H4;;/q;;-1;2*+1/p-1/t11-,12+;11-;;;/m00.../s1. The summed E-state index contributed by atoms with van der Waals surface area (Å²) in [7, 11) is 0. The predicted octanol–water partition coefficient (Wildman–Crippen LogP) is -1.86. The maximum absolute atomic E-state index is 13.1. The second-order valence-corrected chi connectivity index (χ2v) is 9.88. The Morgan fingerprint density at radius 1 is 0.860 bits per heavy atom. The molecular weight excluding hydrogens is 615 g/mol. The van der Waals surface area contributed by atoms with Gasteiger partial charge in [0.25, 0.3) is 0 Å². The minimum absolute atomic E-state index is 0. The number of carbonyl (C=O) groups excluding carboxylic acids is 1. The molecule has 230 valence electrons. The van der Waals surface area contributed by atoms with Gasteiger partial charge in [0.15, 0.2) is 0 Å². The molecule has 2 aromatic rings. The molecule has 0 aliphatic carbocycles. The number of carboxylic acid groups (broad SMARTS) is 2. The average Bonchev–Trinajstić information content (AvgIpc) is 2.83. The minimum Gasteiger partial charge on any atom is -0.548 e. The third kappa shape index (κ3) is 18.1. The molecule has 0 radical (unpaired) electrons. The zero-order valence-electron chi connectivity index (χ0n) is 24.5. The van der Waals surface area contributed by atoms with Crippen molar-refractivity contribution in [3.8, 4) is 0 Å². The number of nitrogens with zero attached hydrogens (tertiary/aromatic N) is 1. The largest absolute Gasteiger partial charge is 1.00 e. The Kier molecular flexibility index (Phi) is 23.8. The number of nitrogens with one attached hydrogen (secondary N) is 1. The van der Waals surface area contributed by atoms with Crippen molar-refractivity contribution in [1.82, 2.24) is 5.32 Å². The molecule has 2 N–H and O–H groups in total. The van der Waals surface area contributed by atoms with Crippen LogP contribution in [0.1, 0.15) is 57.7 Å². The van der Waals surface area contributed by atoms with Crippen molar-refractivity contribution in [1.29, 1.82) is 0 Å². The van der Waals surface area contributed by atoms with Crippen molar-refractivity contribution in [2.75, 3.05) is 0 Å². The normalized spacial score (nSPS) is 13.7. The first-order valence-electron chi connectivity index (χ1n) is 12.4. The van der Waals surface area contributed by atoms with E-state index in [0.29, 0.717) is 0 Å². The van der Waals surface area contributed by atoms with E-state index in [1.165, 1.54) is 48.5 Å². The minimum atomic E-state index is -4.72. The van der Waals surface area contributed by atoms with E-state index in [1.54, 1.807) is 39.8 Å². The van der Waals surface area contributed by atoms with Crippen LogP contribution in [0.4, 0.5) is 26.3 Å². The van der Waals surface area contributed by atoms with Gasteiger partial charge in [0.2, 0.25) is 0 Å². The molecule has 0 spiro atoms. The molecule has 0 aliphatic rings. The molecule has 0 saturated carbocycles. The molecule has 2 aromatic carbocycles. The Balaban J connectivity index is -0.000000696. The monoisotopic (exact) mass is 652 g/mol.